The Bertz CT molecular complexity index is 140. The van der Waals surface area contributed by atoms with Crippen molar-refractivity contribution < 1.29 is 0 Å². The Balaban J connectivity index is 2.23. The number of hydrogen-bond acceptors (Lipinski definition) is 0. The van der Waals surface area contributed by atoms with Gasteiger partial charge in [0, 0.05) is 0 Å². The molecule has 0 atom stereocenters. The molecule has 0 nitrogen and oxygen atoms in total. The summed E-state index contributed by atoms with van der Waals surface area (Å²) in [5.74, 6) is 1.08. The van der Waals surface area contributed by atoms with Crippen LogP contribution in [-0.4, -0.2) is 8.07 Å². The van der Waals surface area contributed by atoms with Gasteiger partial charge >= 0.3 is 0 Å². The number of rotatable bonds is 5. The van der Waals surface area contributed by atoms with Gasteiger partial charge in [0.1, 0.15) is 0 Å². The molecule has 0 saturated carbocycles. The van der Waals surface area contributed by atoms with Crippen LogP contribution < -0.4 is 0 Å². The third kappa shape index (κ3) is 3.76. The first kappa shape index (κ1) is 12.3. The lowest BCUT2D eigenvalue weighted by Crippen LogP contribution is -2.34. The summed E-state index contributed by atoms with van der Waals surface area (Å²) in [6, 6.07) is 4.89. The molecular formula is C13H28Si. The van der Waals surface area contributed by atoms with E-state index in [-0.39, 0.29) is 0 Å². The first-order chi connectivity index (χ1) is 6.70. The largest absolute Gasteiger partial charge is 0.0691 e. The van der Waals surface area contributed by atoms with Crippen LogP contribution in [0.15, 0.2) is 0 Å². The van der Waals surface area contributed by atoms with Crippen molar-refractivity contribution in [3.8, 4) is 0 Å². The predicted molar refractivity (Wildman–Crippen MR) is 68.6 cm³/mol. The Labute approximate surface area is 91.5 Å². The second-order valence-corrected chi connectivity index (χ2v) is 10.7. The summed E-state index contributed by atoms with van der Waals surface area (Å²) in [4.78, 5) is 0. The van der Waals surface area contributed by atoms with E-state index in [2.05, 4.69) is 20.4 Å². The monoisotopic (exact) mass is 212 g/mol. The molecule has 0 spiro atoms. The van der Waals surface area contributed by atoms with Crippen LogP contribution >= 0.6 is 0 Å². The zero-order chi connectivity index (χ0) is 10.4. The highest BCUT2D eigenvalue weighted by molar-refractivity contribution is 6.78. The van der Waals surface area contributed by atoms with Crippen LogP contribution in [0, 0.1) is 5.92 Å². The molecule has 0 radical (unpaired) electrons. The van der Waals surface area contributed by atoms with Gasteiger partial charge in [-0.1, -0.05) is 77.1 Å². The summed E-state index contributed by atoms with van der Waals surface area (Å²) in [6.07, 6.45) is 8.94. The van der Waals surface area contributed by atoms with Crippen molar-refractivity contribution in [2.24, 2.45) is 5.92 Å². The van der Waals surface area contributed by atoms with Gasteiger partial charge in [-0.15, -0.1) is 0 Å². The average molecular weight is 212 g/mol. The van der Waals surface area contributed by atoms with Gasteiger partial charge in [0.2, 0.25) is 0 Å². The van der Waals surface area contributed by atoms with Crippen molar-refractivity contribution in [1.82, 2.24) is 0 Å². The Hall–Kier alpha value is 0.217. The maximum absolute atomic E-state index is 2.66. The van der Waals surface area contributed by atoms with Crippen LogP contribution in [0.5, 0.6) is 0 Å². The molecule has 14 heavy (non-hydrogen) atoms. The van der Waals surface area contributed by atoms with Crippen LogP contribution in [0.2, 0.25) is 24.7 Å². The fourth-order valence-corrected chi connectivity index (χ4v) is 6.90. The lowest BCUT2D eigenvalue weighted by molar-refractivity contribution is 0.451. The Morgan fingerprint density at radius 3 is 2.21 bits per heavy atom. The topological polar surface area (TPSA) is 0 Å². The summed E-state index contributed by atoms with van der Waals surface area (Å²) in [5, 5.41) is 0. The van der Waals surface area contributed by atoms with Crippen molar-refractivity contribution in [2.75, 3.05) is 0 Å². The minimum atomic E-state index is -0.732. The number of hydrogen-bond donors (Lipinski definition) is 0. The normalized spacial score (nSPS) is 33.2. The molecule has 1 rings (SSSR count). The summed E-state index contributed by atoms with van der Waals surface area (Å²) < 4.78 is 0. The standard InChI is InChI=1S/C13H28Si/c1-4-6-7-10-14(3)11-8-13(5-2)9-12-14/h13H,4-12H2,1-3H3. The smallest absolute Gasteiger partial charge is 0.0504 e. The van der Waals surface area contributed by atoms with Gasteiger partial charge in [-0.3, -0.25) is 0 Å². The fourth-order valence-electron chi connectivity index (χ4n) is 2.83. The van der Waals surface area contributed by atoms with E-state index in [1.165, 1.54) is 25.7 Å². The van der Waals surface area contributed by atoms with E-state index < -0.39 is 8.07 Å². The van der Waals surface area contributed by atoms with E-state index >= 15 is 0 Å². The highest BCUT2D eigenvalue weighted by Gasteiger charge is 2.31. The van der Waals surface area contributed by atoms with Gasteiger partial charge in [0.05, 0.1) is 8.07 Å². The third-order valence-corrected chi connectivity index (χ3v) is 8.83. The fraction of sp³-hybridized carbons (Fsp3) is 1.00. The van der Waals surface area contributed by atoms with Crippen LogP contribution in [-0.2, 0) is 0 Å². The molecule has 1 fully saturated rings. The molecule has 1 saturated heterocycles. The van der Waals surface area contributed by atoms with Gasteiger partial charge in [0.25, 0.3) is 0 Å². The quantitative estimate of drug-likeness (QED) is 0.440. The van der Waals surface area contributed by atoms with E-state index in [9.17, 15) is 0 Å². The lowest BCUT2D eigenvalue weighted by Gasteiger charge is -2.35. The van der Waals surface area contributed by atoms with Crippen LogP contribution in [0.1, 0.15) is 52.4 Å². The van der Waals surface area contributed by atoms with Crippen molar-refractivity contribution in [3.63, 3.8) is 0 Å². The molecule has 0 aromatic heterocycles. The van der Waals surface area contributed by atoms with Gasteiger partial charge in [0.15, 0.2) is 0 Å². The van der Waals surface area contributed by atoms with Crippen molar-refractivity contribution in [1.29, 1.82) is 0 Å². The molecule has 0 aromatic carbocycles. The molecule has 0 aliphatic carbocycles. The molecule has 1 aliphatic heterocycles. The second kappa shape index (κ2) is 5.94. The minimum absolute atomic E-state index is 0.732. The molecule has 0 amide bonds. The summed E-state index contributed by atoms with van der Waals surface area (Å²) >= 11 is 0. The predicted octanol–water partition coefficient (Wildman–Crippen LogP) is 5.08. The Morgan fingerprint density at radius 2 is 1.71 bits per heavy atom. The second-order valence-electron chi connectivity index (χ2n) is 5.62. The molecule has 1 aliphatic rings. The molecule has 1 heteroatoms. The van der Waals surface area contributed by atoms with E-state index in [4.69, 9.17) is 0 Å². The maximum Gasteiger partial charge on any atom is 0.0504 e. The molecule has 84 valence electrons. The zero-order valence-corrected chi connectivity index (χ0v) is 11.4. The average Bonchev–Trinajstić information content (AvgIpc) is 2.19. The third-order valence-electron chi connectivity index (χ3n) is 4.27. The molecule has 0 N–H and O–H groups in total. The van der Waals surface area contributed by atoms with Gasteiger partial charge < -0.3 is 0 Å². The van der Waals surface area contributed by atoms with Crippen molar-refractivity contribution in [3.05, 3.63) is 0 Å². The van der Waals surface area contributed by atoms with Gasteiger partial charge in [-0.25, -0.2) is 0 Å². The van der Waals surface area contributed by atoms with Crippen LogP contribution in [0.25, 0.3) is 0 Å². The molecule has 0 aromatic rings. The molecule has 0 bridgehead atoms. The molecule has 0 unspecified atom stereocenters. The summed E-state index contributed by atoms with van der Waals surface area (Å²) in [5.41, 5.74) is 0. The summed E-state index contributed by atoms with van der Waals surface area (Å²) in [6.45, 7) is 7.35. The molecule has 1 heterocycles. The summed E-state index contributed by atoms with van der Waals surface area (Å²) in [7, 11) is -0.732. The van der Waals surface area contributed by atoms with Crippen LogP contribution in [0.4, 0.5) is 0 Å². The lowest BCUT2D eigenvalue weighted by atomic mass is 10.0. The van der Waals surface area contributed by atoms with E-state index in [1.807, 2.05) is 0 Å². The van der Waals surface area contributed by atoms with Crippen molar-refractivity contribution in [2.45, 2.75) is 77.1 Å². The Kier molecular flexibility index (Phi) is 5.22. The van der Waals surface area contributed by atoms with E-state index in [1.54, 1.807) is 31.0 Å². The maximum atomic E-state index is 2.66. The SMILES string of the molecule is CCCCC[Si]1(C)CCC(CC)CC1. The highest BCUT2D eigenvalue weighted by Crippen LogP contribution is 2.37. The molecular weight excluding hydrogens is 184 g/mol. The van der Waals surface area contributed by atoms with E-state index in [0.29, 0.717) is 0 Å². The van der Waals surface area contributed by atoms with Crippen LogP contribution in [0.3, 0.4) is 0 Å². The Morgan fingerprint density at radius 1 is 1.07 bits per heavy atom. The van der Waals surface area contributed by atoms with Gasteiger partial charge in [-0.05, 0) is 5.92 Å². The van der Waals surface area contributed by atoms with Gasteiger partial charge in [-0.2, -0.15) is 0 Å². The first-order valence-corrected chi connectivity index (χ1v) is 9.82. The zero-order valence-electron chi connectivity index (χ0n) is 10.4. The number of unbranched alkanes of at least 4 members (excludes halogenated alkanes) is 2. The van der Waals surface area contributed by atoms with Crippen molar-refractivity contribution >= 4 is 8.07 Å². The first-order valence-electron chi connectivity index (χ1n) is 6.70. The highest BCUT2D eigenvalue weighted by atomic mass is 28.3. The minimum Gasteiger partial charge on any atom is -0.0691 e. The van der Waals surface area contributed by atoms with E-state index in [0.717, 1.165) is 5.92 Å².